The summed E-state index contributed by atoms with van der Waals surface area (Å²) in [5.41, 5.74) is 9.10. The molecular weight excluding hydrogens is 538 g/mol. The van der Waals surface area contributed by atoms with E-state index < -0.39 is 18.6 Å². The Balaban J connectivity index is 0.000000216. The lowest BCUT2D eigenvalue weighted by atomic mass is 9.89. The van der Waals surface area contributed by atoms with Gasteiger partial charge in [-0.3, -0.25) is 15.1 Å². The van der Waals surface area contributed by atoms with E-state index in [4.69, 9.17) is 31.8 Å². The van der Waals surface area contributed by atoms with Gasteiger partial charge < -0.3 is 14.9 Å². The van der Waals surface area contributed by atoms with Crippen molar-refractivity contribution in [1.29, 1.82) is 5.26 Å². The highest BCUT2D eigenvalue weighted by Crippen LogP contribution is 2.34. The lowest BCUT2D eigenvalue weighted by Gasteiger charge is -2.16. The molecule has 1 aromatic heterocycles. The summed E-state index contributed by atoms with van der Waals surface area (Å²) in [7, 11) is 0. The summed E-state index contributed by atoms with van der Waals surface area (Å²) in [4.78, 5) is 15.0. The second-order valence-electron chi connectivity index (χ2n) is 10.4. The van der Waals surface area contributed by atoms with Gasteiger partial charge in [0.2, 0.25) is 0 Å². The number of aliphatic hydroxyl groups excluding tert-OH is 1. The number of nitrogens with zero attached hydrogens (tertiary/aromatic N) is 2. The van der Waals surface area contributed by atoms with E-state index in [1.807, 2.05) is 13.0 Å². The standard InChI is InChI=1S/C18H18ClN3O4.C15H18/c1-11-2-17(26-10-13-3-12(5-20)6-21-7-13)14(4-15(11)19)8-22-16(9-23)18(24)25;1-2-6-12(7-3-1)14-10-4-8-13-9-5-11-15(13)14/h2-4,6-7,16,22-23H,8-10H2,1H3,(H,24,25);4,6,8,10H,1-3,5,7,9,11H2. The van der Waals surface area contributed by atoms with Gasteiger partial charge in [-0.2, -0.15) is 5.26 Å². The molecule has 0 amide bonds. The molecule has 1 unspecified atom stereocenters. The first kappa shape index (κ1) is 30.3. The Morgan fingerprint density at radius 3 is 2.76 bits per heavy atom. The van der Waals surface area contributed by atoms with Crippen LogP contribution in [0.15, 0.2) is 54.9 Å². The number of aliphatic hydroxyl groups is 1. The summed E-state index contributed by atoms with van der Waals surface area (Å²) in [5.74, 6) is -0.614. The number of halogens is 1. The van der Waals surface area contributed by atoms with Gasteiger partial charge in [0.1, 0.15) is 24.5 Å². The van der Waals surface area contributed by atoms with Crippen LogP contribution in [0.2, 0.25) is 5.02 Å². The number of carboxylic acids is 1. The highest BCUT2D eigenvalue weighted by molar-refractivity contribution is 6.31. The first-order valence-corrected chi connectivity index (χ1v) is 14.4. The van der Waals surface area contributed by atoms with Gasteiger partial charge in [0.15, 0.2) is 0 Å². The van der Waals surface area contributed by atoms with E-state index in [2.05, 4.69) is 34.6 Å². The number of fused-ring (bicyclic) bond motifs is 1. The molecule has 7 nitrogen and oxygen atoms in total. The zero-order chi connectivity index (χ0) is 29.2. The number of aryl methyl sites for hydroxylation is 2. The van der Waals surface area contributed by atoms with Crippen molar-refractivity contribution < 1.29 is 19.7 Å². The predicted molar refractivity (Wildman–Crippen MR) is 160 cm³/mol. The smallest absolute Gasteiger partial charge is 0.323 e. The number of carboxylic acid groups (broad SMARTS) is 1. The number of nitrogens with one attached hydrogen (secondary N) is 1. The van der Waals surface area contributed by atoms with Gasteiger partial charge in [0.25, 0.3) is 0 Å². The maximum Gasteiger partial charge on any atom is 0.323 e. The number of aromatic nitrogens is 1. The molecule has 214 valence electrons. The summed E-state index contributed by atoms with van der Waals surface area (Å²) in [6, 6.07) is 13.0. The number of carbonyl (C=O) groups is 1. The molecule has 2 aliphatic rings. The van der Waals surface area contributed by atoms with E-state index in [1.54, 1.807) is 46.7 Å². The SMILES string of the molecule is C1=C(c2cccc3c2CCC3)CCCC1.Cc1cc(OCc2cncc(C#N)c2)c(CNC(CO)C(=O)O)cc1Cl. The number of hydrogen-bond acceptors (Lipinski definition) is 6. The van der Waals surface area contributed by atoms with Crippen molar-refractivity contribution in [2.24, 2.45) is 0 Å². The zero-order valence-electron chi connectivity index (χ0n) is 23.3. The van der Waals surface area contributed by atoms with Crippen LogP contribution >= 0.6 is 11.6 Å². The normalized spacial score (nSPS) is 14.6. The third-order valence-corrected chi connectivity index (χ3v) is 7.87. The van der Waals surface area contributed by atoms with Crippen LogP contribution in [0, 0.1) is 18.3 Å². The van der Waals surface area contributed by atoms with Gasteiger partial charge in [0.05, 0.1) is 12.2 Å². The van der Waals surface area contributed by atoms with Crippen molar-refractivity contribution >= 4 is 23.1 Å². The van der Waals surface area contributed by atoms with Crippen molar-refractivity contribution in [3.8, 4) is 11.8 Å². The minimum Gasteiger partial charge on any atom is -0.489 e. The first-order valence-electron chi connectivity index (χ1n) is 14.0. The maximum absolute atomic E-state index is 11.0. The number of nitriles is 1. The quantitative estimate of drug-likeness (QED) is 0.281. The molecular formula is C33H36ClN3O4. The Kier molecular flexibility index (Phi) is 10.9. The highest BCUT2D eigenvalue weighted by Gasteiger charge is 2.18. The average Bonchev–Trinajstić information content (AvgIpc) is 3.48. The van der Waals surface area contributed by atoms with E-state index in [-0.39, 0.29) is 13.2 Å². The number of rotatable bonds is 9. The molecule has 2 aromatic carbocycles. The summed E-state index contributed by atoms with van der Waals surface area (Å²) < 4.78 is 5.83. The van der Waals surface area contributed by atoms with Crippen LogP contribution in [0.1, 0.15) is 71.0 Å². The Morgan fingerprint density at radius 2 is 2.02 bits per heavy atom. The number of benzene rings is 2. The van der Waals surface area contributed by atoms with Crippen LogP contribution in [0.5, 0.6) is 5.75 Å². The Hall–Kier alpha value is -3.70. The fourth-order valence-corrected chi connectivity index (χ4v) is 5.41. The van der Waals surface area contributed by atoms with Gasteiger partial charge in [0, 0.05) is 35.1 Å². The molecule has 0 bridgehead atoms. The molecule has 41 heavy (non-hydrogen) atoms. The molecule has 0 saturated carbocycles. The fraction of sp³-hybridized carbons (Fsp3) is 0.364. The van der Waals surface area contributed by atoms with Crippen LogP contribution in [0.4, 0.5) is 0 Å². The number of hydrogen-bond donors (Lipinski definition) is 3. The lowest BCUT2D eigenvalue weighted by molar-refractivity contribution is -0.140. The first-order chi connectivity index (χ1) is 19.9. The number of pyridine rings is 1. The summed E-state index contributed by atoms with van der Waals surface area (Å²) >= 11 is 6.16. The second-order valence-corrected chi connectivity index (χ2v) is 10.8. The molecule has 0 spiro atoms. The van der Waals surface area contributed by atoms with Gasteiger partial charge in [-0.25, -0.2) is 0 Å². The third-order valence-electron chi connectivity index (χ3n) is 7.46. The number of aliphatic carboxylic acids is 1. The van der Waals surface area contributed by atoms with E-state index in [1.165, 1.54) is 51.1 Å². The van der Waals surface area contributed by atoms with Gasteiger partial charge in [-0.05, 0) is 97.9 Å². The van der Waals surface area contributed by atoms with Gasteiger partial charge >= 0.3 is 5.97 Å². The maximum atomic E-state index is 11.0. The van der Waals surface area contributed by atoms with E-state index in [0.29, 0.717) is 21.9 Å². The van der Waals surface area contributed by atoms with E-state index in [0.717, 1.165) is 11.1 Å². The Morgan fingerprint density at radius 1 is 1.17 bits per heavy atom. The topological polar surface area (TPSA) is 115 Å². The van der Waals surface area contributed by atoms with Crippen LogP contribution in [0.3, 0.4) is 0 Å². The highest BCUT2D eigenvalue weighted by atomic mass is 35.5. The van der Waals surface area contributed by atoms with Gasteiger partial charge in [-0.15, -0.1) is 0 Å². The fourth-order valence-electron chi connectivity index (χ4n) is 5.22. The van der Waals surface area contributed by atoms with E-state index in [9.17, 15) is 4.79 Å². The van der Waals surface area contributed by atoms with Crippen LogP contribution < -0.4 is 10.1 Å². The zero-order valence-corrected chi connectivity index (χ0v) is 24.1. The average molecular weight is 574 g/mol. The largest absolute Gasteiger partial charge is 0.489 e. The summed E-state index contributed by atoms with van der Waals surface area (Å²) in [6.45, 7) is 1.65. The molecule has 8 heteroatoms. The van der Waals surface area contributed by atoms with Crippen molar-refractivity contribution in [3.63, 3.8) is 0 Å². The molecule has 0 radical (unpaired) electrons. The second kappa shape index (κ2) is 14.8. The Bertz CT molecular complexity index is 1450. The van der Waals surface area contributed by atoms with Crippen molar-refractivity contribution in [3.05, 3.63) is 98.8 Å². The van der Waals surface area contributed by atoms with Crippen LogP contribution in [0.25, 0.3) is 5.57 Å². The molecule has 1 atom stereocenters. The molecule has 0 saturated heterocycles. The summed E-state index contributed by atoms with van der Waals surface area (Å²) in [6.07, 6.45) is 14.9. The third kappa shape index (κ3) is 8.17. The number of allylic oxidation sites excluding steroid dienone is 2. The molecule has 3 aromatic rings. The summed E-state index contributed by atoms with van der Waals surface area (Å²) in [5, 5.41) is 30.3. The minimum absolute atomic E-state index is 0.156. The Labute approximate surface area is 246 Å². The molecule has 2 aliphatic carbocycles. The minimum atomic E-state index is -1.15. The van der Waals surface area contributed by atoms with Crippen LogP contribution in [-0.4, -0.2) is 33.8 Å². The van der Waals surface area contributed by atoms with Crippen molar-refractivity contribution in [1.82, 2.24) is 10.3 Å². The molecule has 5 rings (SSSR count). The van der Waals surface area contributed by atoms with E-state index >= 15 is 0 Å². The molecule has 0 aliphatic heterocycles. The van der Waals surface area contributed by atoms with Crippen molar-refractivity contribution in [2.45, 2.75) is 71.1 Å². The van der Waals surface area contributed by atoms with Gasteiger partial charge in [-0.1, -0.05) is 35.9 Å². The molecule has 1 heterocycles. The van der Waals surface area contributed by atoms with Crippen LogP contribution in [-0.2, 0) is 30.8 Å². The molecule has 0 fully saturated rings. The monoisotopic (exact) mass is 573 g/mol. The predicted octanol–water partition coefficient (Wildman–Crippen LogP) is 6.16. The molecule has 3 N–H and O–H groups in total. The number of ether oxygens (including phenoxy) is 1. The lowest BCUT2D eigenvalue weighted by Crippen LogP contribution is -2.39. The van der Waals surface area contributed by atoms with Crippen molar-refractivity contribution in [2.75, 3.05) is 6.61 Å².